The van der Waals surface area contributed by atoms with Crippen LogP contribution in [0.4, 0.5) is 0 Å². The topological polar surface area (TPSA) is 58.3 Å². The maximum atomic E-state index is 12.0. The molecule has 27 heavy (non-hydrogen) atoms. The minimum Gasteiger partial charge on any atom is -0.378 e. The van der Waals surface area contributed by atoms with Crippen LogP contribution in [0.2, 0.25) is 0 Å². The van der Waals surface area contributed by atoms with Gasteiger partial charge in [-0.2, -0.15) is 0 Å². The van der Waals surface area contributed by atoms with Crippen molar-refractivity contribution >= 4 is 11.0 Å². The van der Waals surface area contributed by atoms with Gasteiger partial charge in [0.05, 0.1) is 11.0 Å². The number of nitrogens with zero attached hydrogens (tertiary/aromatic N) is 2. The molecule has 0 aliphatic heterocycles. The fourth-order valence-electron chi connectivity index (χ4n) is 3.83. The summed E-state index contributed by atoms with van der Waals surface area (Å²) in [5, 5.41) is 23.7. The van der Waals surface area contributed by atoms with Crippen molar-refractivity contribution in [1.82, 2.24) is 9.55 Å². The zero-order valence-electron chi connectivity index (χ0n) is 15.4. The summed E-state index contributed by atoms with van der Waals surface area (Å²) in [4.78, 5) is 4.65. The van der Waals surface area contributed by atoms with Crippen molar-refractivity contribution in [2.45, 2.75) is 18.1 Å². The van der Waals surface area contributed by atoms with E-state index in [2.05, 4.69) is 4.98 Å². The highest BCUT2D eigenvalue weighted by molar-refractivity contribution is 5.76. The fraction of sp³-hybridized carbons (Fsp3) is 0.174. The summed E-state index contributed by atoms with van der Waals surface area (Å²) in [7, 11) is 1.86. The van der Waals surface area contributed by atoms with Crippen LogP contribution in [-0.2, 0) is 18.2 Å². The Morgan fingerprint density at radius 2 is 1.22 bits per heavy atom. The molecule has 1 heterocycles. The summed E-state index contributed by atoms with van der Waals surface area (Å²) in [5.74, 6) is 0.402. The van der Waals surface area contributed by atoms with Gasteiger partial charge in [0.1, 0.15) is 5.82 Å². The standard InChI is InChI=1S/C23H22N2O2/c1-22(26,21-24-19-15-9-10-16-20(19)25(21)2)23(27,17-11-5-3-6-12-17)18-13-7-4-8-14-18/h3-16,26-27H,1-2H3. The maximum Gasteiger partial charge on any atom is 0.156 e. The number of imidazole rings is 1. The van der Waals surface area contributed by atoms with Crippen LogP contribution in [0, 0.1) is 0 Å². The average molecular weight is 358 g/mol. The normalized spacial score (nSPS) is 14.2. The minimum absolute atomic E-state index is 0.402. The molecule has 3 aromatic carbocycles. The molecule has 0 bridgehead atoms. The van der Waals surface area contributed by atoms with E-state index in [0.717, 1.165) is 11.0 Å². The first-order chi connectivity index (χ1) is 13.0. The molecule has 0 saturated heterocycles. The molecule has 0 saturated carbocycles. The highest BCUT2D eigenvalue weighted by Crippen LogP contribution is 2.45. The zero-order chi connectivity index (χ0) is 19.1. The Kier molecular flexibility index (Phi) is 4.10. The van der Waals surface area contributed by atoms with Gasteiger partial charge >= 0.3 is 0 Å². The van der Waals surface area contributed by atoms with E-state index in [0.29, 0.717) is 17.0 Å². The van der Waals surface area contributed by atoms with Crippen LogP contribution in [-0.4, -0.2) is 19.8 Å². The molecule has 0 aliphatic rings. The van der Waals surface area contributed by atoms with E-state index in [-0.39, 0.29) is 0 Å². The van der Waals surface area contributed by atoms with Crippen LogP contribution in [0.1, 0.15) is 23.9 Å². The predicted octanol–water partition coefficient (Wildman–Crippen LogP) is 3.72. The first-order valence-electron chi connectivity index (χ1n) is 8.94. The summed E-state index contributed by atoms with van der Waals surface area (Å²) >= 11 is 0. The van der Waals surface area contributed by atoms with Crippen molar-refractivity contribution in [3.05, 3.63) is 102 Å². The number of fused-ring (bicyclic) bond motifs is 1. The molecule has 4 aromatic rings. The number of hydrogen-bond acceptors (Lipinski definition) is 3. The van der Waals surface area contributed by atoms with Gasteiger partial charge in [-0.25, -0.2) is 4.98 Å². The van der Waals surface area contributed by atoms with Gasteiger partial charge in [0.2, 0.25) is 0 Å². The molecule has 0 aliphatic carbocycles. The third-order valence-electron chi connectivity index (χ3n) is 5.31. The molecule has 1 atom stereocenters. The van der Waals surface area contributed by atoms with Crippen molar-refractivity contribution in [3.8, 4) is 0 Å². The van der Waals surface area contributed by atoms with Gasteiger partial charge in [0.25, 0.3) is 0 Å². The lowest BCUT2D eigenvalue weighted by molar-refractivity contribution is -0.134. The third kappa shape index (κ3) is 2.57. The van der Waals surface area contributed by atoms with E-state index in [1.165, 1.54) is 0 Å². The van der Waals surface area contributed by atoms with E-state index >= 15 is 0 Å². The molecular formula is C23H22N2O2. The minimum atomic E-state index is -1.68. The molecule has 0 spiro atoms. The quantitative estimate of drug-likeness (QED) is 0.585. The summed E-state index contributed by atoms with van der Waals surface area (Å²) in [6.45, 7) is 1.62. The second-order valence-electron chi connectivity index (χ2n) is 7.00. The van der Waals surface area contributed by atoms with Gasteiger partial charge in [-0.1, -0.05) is 72.8 Å². The van der Waals surface area contributed by atoms with Crippen LogP contribution in [0.15, 0.2) is 84.9 Å². The molecule has 1 aromatic heterocycles. The number of aliphatic hydroxyl groups is 2. The monoisotopic (exact) mass is 358 g/mol. The summed E-state index contributed by atoms with van der Waals surface area (Å²) < 4.78 is 1.84. The molecule has 4 rings (SSSR count). The Morgan fingerprint density at radius 1 is 0.741 bits per heavy atom. The van der Waals surface area contributed by atoms with Crippen molar-refractivity contribution in [2.75, 3.05) is 0 Å². The maximum absolute atomic E-state index is 12.0. The molecule has 0 fully saturated rings. The highest BCUT2D eigenvalue weighted by atomic mass is 16.4. The Hall–Kier alpha value is -2.95. The van der Waals surface area contributed by atoms with E-state index in [1.54, 1.807) is 6.92 Å². The molecule has 2 N–H and O–H groups in total. The molecule has 136 valence electrons. The Bertz CT molecular complexity index is 1030. The number of aromatic nitrogens is 2. The Morgan fingerprint density at radius 3 is 1.74 bits per heavy atom. The fourth-order valence-corrected chi connectivity index (χ4v) is 3.83. The highest BCUT2D eigenvalue weighted by Gasteiger charge is 2.52. The van der Waals surface area contributed by atoms with Gasteiger partial charge < -0.3 is 14.8 Å². The van der Waals surface area contributed by atoms with Gasteiger partial charge in [0, 0.05) is 7.05 Å². The summed E-state index contributed by atoms with van der Waals surface area (Å²) in [6.07, 6.45) is 0. The van der Waals surface area contributed by atoms with Crippen molar-refractivity contribution in [3.63, 3.8) is 0 Å². The van der Waals surface area contributed by atoms with Gasteiger partial charge in [-0.15, -0.1) is 0 Å². The van der Waals surface area contributed by atoms with Crippen molar-refractivity contribution in [2.24, 2.45) is 7.05 Å². The van der Waals surface area contributed by atoms with E-state index in [1.807, 2.05) is 96.5 Å². The second kappa shape index (κ2) is 6.34. The lowest BCUT2D eigenvalue weighted by Gasteiger charge is -2.41. The molecule has 4 nitrogen and oxygen atoms in total. The molecule has 0 amide bonds. The number of aryl methyl sites for hydroxylation is 1. The predicted molar refractivity (Wildman–Crippen MR) is 106 cm³/mol. The van der Waals surface area contributed by atoms with Crippen LogP contribution in [0.5, 0.6) is 0 Å². The van der Waals surface area contributed by atoms with Gasteiger partial charge in [0.15, 0.2) is 11.2 Å². The largest absolute Gasteiger partial charge is 0.378 e. The lowest BCUT2D eigenvalue weighted by atomic mass is 9.73. The molecule has 1 unspecified atom stereocenters. The summed E-state index contributed by atoms with van der Waals surface area (Å²) in [6, 6.07) is 26.2. The Balaban J connectivity index is 2.00. The average Bonchev–Trinajstić information content (AvgIpc) is 3.06. The smallest absolute Gasteiger partial charge is 0.156 e. The summed E-state index contributed by atoms with van der Waals surface area (Å²) in [5.41, 5.74) is -0.467. The second-order valence-corrected chi connectivity index (χ2v) is 7.00. The Labute approximate surface area is 158 Å². The van der Waals surface area contributed by atoms with E-state index in [9.17, 15) is 10.2 Å². The molecule has 0 radical (unpaired) electrons. The number of hydrogen-bond donors (Lipinski definition) is 2. The molecule has 4 heteroatoms. The first-order valence-corrected chi connectivity index (χ1v) is 8.94. The van der Waals surface area contributed by atoms with Crippen LogP contribution >= 0.6 is 0 Å². The number of para-hydroxylation sites is 2. The lowest BCUT2D eigenvalue weighted by Crippen LogP contribution is -2.49. The van der Waals surface area contributed by atoms with Gasteiger partial charge in [-0.3, -0.25) is 0 Å². The van der Waals surface area contributed by atoms with E-state index < -0.39 is 11.2 Å². The number of benzene rings is 3. The third-order valence-corrected chi connectivity index (χ3v) is 5.31. The van der Waals surface area contributed by atoms with Crippen molar-refractivity contribution in [1.29, 1.82) is 0 Å². The van der Waals surface area contributed by atoms with Crippen molar-refractivity contribution < 1.29 is 10.2 Å². The number of rotatable bonds is 4. The van der Waals surface area contributed by atoms with E-state index in [4.69, 9.17) is 0 Å². The molecular weight excluding hydrogens is 336 g/mol. The zero-order valence-corrected chi connectivity index (χ0v) is 15.4. The van der Waals surface area contributed by atoms with Crippen LogP contribution in [0.3, 0.4) is 0 Å². The van der Waals surface area contributed by atoms with Gasteiger partial charge in [-0.05, 0) is 30.2 Å². The van der Waals surface area contributed by atoms with Crippen LogP contribution in [0.25, 0.3) is 11.0 Å². The van der Waals surface area contributed by atoms with Crippen LogP contribution < -0.4 is 0 Å². The SMILES string of the molecule is Cn1c(C(C)(O)C(O)(c2ccccc2)c2ccccc2)nc2ccccc21. The first kappa shape index (κ1) is 17.5.